The third-order valence-electron chi connectivity index (χ3n) is 7.31. The monoisotopic (exact) mass is 594 g/mol. The van der Waals surface area contributed by atoms with Crippen molar-refractivity contribution in [3.63, 3.8) is 0 Å². The van der Waals surface area contributed by atoms with E-state index in [1.54, 1.807) is 4.57 Å². The van der Waals surface area contributed by atoms with E-state index in [0.717, 1.165) is 27.5 Å². The Labute approximate surface area is 251 Å². The Hall–Kier alpha value is -4.46. The summed E-state index contributed by atoms with van der Waals surface area (Å²) in [6.07, 6.45) is 2.38. The third-order valence-corrected chi connectivity index (χ3v) is 8.66. The van der Waals surface area contributed by atoms with Gasteiger partial charge in [0.2, 0.25) is 0 Å². The van der Waals surface area contributed by atoms with E-state index in [1.807, 2.05) is 104 Å². The molecule has 42 heavy (non-hydrogen) atoms. The highest BCUT2D eigenvalue weighted by Crippen LogP contribution is 2.33. The van der Waals surface area contributed by atoms with Gasteiger partial charge in [0.25, 0.3) is 5.56 Å². The molecule has 6 nitrogen and oxygen atoms in total. The lowest BCUT2D eigenvalue weighted by atomic mass is 9.95. The van der Waals surface area contributed by atoms with Gasteiger partial charge >= 0.3 is 5.97 Å². The minimum absolute atomic E-state index is 0.242. The van der Waals surface area contributed by atoms with Gasteiger partial charge in [0.05, 0.1) is 29.0 Å². The first-order chi connectivity index (χ1) is 20.5. The first-order valence-electron chi connectivity index (χ1n) is 13.6. The van der Waals surface area contributed by atoms with Crippen molar-refractivity contribution < 1.29 is 14.3 Å². The number of thiazole rings is 1. The molecule has 1 atom stereocenters. The maximum Gasteiger partial charge on any atom is 0.338 e. The zero-order valence-corrected chi connectivity index (χ0v) is 24.6. The minimum Gasteiger partial charge on any atom is -0.488 e. The lowest BCUT2D eigenvalue weighted by Crippen LogP contribution is -2.40. The number of nitrogens with zero attached hydrogens (tertiary/aromatic N) is 2. The molecule has 0 bridgehead atoms. The maximum atomic E-state index is 14.2. The number of hydrogen-bond acceptors (Lipinski definition) is 6. The zero-order valence-electron chi connectivity index (χ0n) is 23.0. The normalized spacial score (nSPS) is 14.9. The minimum atomic E-state index is -0.657. The molecule has 5 aromatic rings. The van der Waals surface area contributed by atoms with Crippen molar-refractivity contribution in [2.75, 3.05) is 7.11 Å². The van der Waals surface area contributed by atoms with Crippen LogP contribution < -0.4 is 19.6 Å². The predicted octanol–water partition coefficient (Wildman–Crippen LogP) is 6.18. The van der Waals surface area contributed by atoms with Crippen molar-refractivity contribution in [1.29, 1.82) is 0 Å². The molecule has 0 unspecified atom stereocenters. The summed E-state index contributed by atoms with van der Waals surface area (Å²) in [5.41, 5.74) is 3.19. The zero-order chi connectivity index (χ0) is 29.2. The largest absolute Gasteiger partial charge is 0.488 e. The van der Waals surface area contributed by atoms with Crippen molar-refractivity contribution in [2.24, 2.45) is 4.99 Å². The Morgan fingerprint density at radius 2 is 1.74 bits per heavy atom. The topological polar surface area (TPSA) is 69.9 Å². The molecule has 0 N–H and O–H groups in total. The van der Waals surface area contributed by atoms with Crippen LogP contribution in [0.25, 0.3) is 16.8 Å². The van der Waals surface area contributed by atoms with Crippen LogP contribution in [-0.2, 0) is 16.1 Å². The predicted molar refractivity (Wildman–Crippen MR) is 167 cm³/mol. The summed E-state index contributed by atoms with van der Waals surface area (Å²) in [5.74, 6) is 0.131. The summed E-state index contributed by atoms with van der Waals surface area (Å²) in [6.45, 7) is 2.22. The Morgan fingerprint density at radius 1 is 1.00 bits per heavy atom. The summed E-state index contributed by atoms with van der Waals surface area (Å²) < 4.78 is 13.6. The molecular weight excluding hydrogens is 568 g/mol. The smallest absolute Gasteiger partial charge is 0.338 e. The fraction of sp³-hybridized carbons (Fsp3) is 0.147. The number of aromatic nitrogens is 1. The molecule has 0 amide bonds. The Bertz CT molecular complexity index is 2030. The Morgan fingerprint density at radius 3 is 2.50 bits per heavy atom. The number of carbonyl (C=O) groups is 1. The molecule has 1 aliphatic heterocycles. The van der Waals surface area contributed by atoms with Crippen LogP contribution in [0, 0.1) is 0 Å². The summed E-state index contributed by atoms with van der Waals surface area (Å²) >= 11 is 7.68. The number of rotatable bonds is 7. The quantitative estimate of drug-likeness (QED) is 0.211. The van der Waals surface area contributed by atoms with Crippen LogP contribution in [0.4, 0.5) is 0 Å². The van der Waals surface area contributed by atoms with Gasteiger partial charge in [0.15, 0.2) is 4.80 Å². The van der Waals surface area contributed by atoms with Crippen molar-refractivity contribution in [1.82, 2.24) is 4.57 Å². The third kappa shape index (κ3) is 5.06. The number of fused-ring (bicyclic) bond motifs is 2. The van der Waals surface area contributed by atoms with E-state index in [9.17, 15) is 9.59 Å². The summed E-state index contributed by atoms with van der Waals surface area (Å²) in [6, 6.07) is 28.3. The van der Waals surface area contributed by atoms with E-state index in [-0.39, 0.29) is 12.2 Å². The second-order valence-electron chi connectivity index (χ2n) is 9.78. The average molecular weight is 595 g/mol. The summed E-state index contributed by atoms with van der Waals surface area (Å²) in [5, 5.41) is 2.59. The molecule has 0 saturated heterocycles. The second-order valence-corrected chi connectivity index (χ2v) is 11.2. The first kappa shape index (κ1) is 27.7. The molecule has 0 saturated carbocycles. The second kappa shape index (κ2) is 11.8. The Kier molecular flexibility index (Phi) is 7.78. The van der Waals surface area contributed by atoms with Gasteiger partial charge < -0.3 is 9.47 Å². The molecule has 0 aliphatic carbocycles. The van der Waals surface area contributed by atoms with Crippen LogP contribution in [0.1, 0.15) is 36.1 Å². The molecule has 8 heteroatoms. The van der Waals surface area contributed by atoms with Gasteiger partial charge in [-0.2, -0.15) is 0 Å². The summed E-state index contributed by atoms with van der Waals surface area (Å²) in [4.78, 5) is 32.5. The van der Waals surface area contributed by atoms with Gasteiger partial charge in [-0.15, -0.1) is 0 Å². The SMILES string of the molecule is CCC1=C(C(=O)OC)[C@H](c2ccccc2)n2c(s/c(=C/c3c(OCc4ccccc4Cl)ccc4ccccc34)c2=O)=N1. The highest BCUT2D eigenvalue weighted by atomic mass is 35.5. The number of carbonyl (C=O) groups excluding carboxylic acids is 1. The molecule has 0 fully saturated rings. The van der Waals surface area contributed by atoms with Crippen LogP contribution in [0.2, 0.25) is 5.02 Å². The van der Waals surface area contributed by atoms with E-state index in [1.165, 1.54) is 18.4 Å². The van der Waals surface area contributed by atoms with Crippen LogP contribution in [0.15, 0.2) is 112 Å². The van der Waals surface area contributed by atoms with Crippen LogP contribution in [0.3, 0.4) is 0 Å². The fourth-order valence-corrected chi connectivity index (χ4v) is 6.46. The molecular formula is C34H27ClN2O4S. The lowest BCUT2D eigenvalue weighted by Gasteiger charge is -2.25. The number of esters is 1. The molecule has 2 heterocycles. The number of methoxy groups -OCH3 is 1. The van der Waals surface area contributed by atoms with Gasteiger partial charge in [0.1, 0.15) is 12.4 Å². The van der Waals surface area contributed by atoms with Gasteiger partial charge in [0, 0.05) is 16.1 Å². The molecule has 0 radical (unpaired) electrons. The van der Waals surface area contributed by atoms with E-state index < -0.39 is 12.0 Å². The molecule has 6 rings (SSSR count). The molecule has 4 aromatic carbocycles. The fourth-order valence-electron chi connectivity index (χ4n) is 5.27. The maximum absolute atomic E-state index is 14.2. The van der Waals surface area contributed by atoms with E-state index in [0.29, 0.717) is 37.8 Å². The molecule has 210 valence electrons. The van der Waals surface area contributed by atoms with Gasteiger partial charge in [-0.1, -0.05) is 109 Å². The van der Waals surface area contributed by atoms with Crippen molar-refractivity contribution >= 4 is 45.8 Å². The van der Waals surface area contributed by atoms with Gasteiger partial charge in [-0.3, -0.25) is 9.36 Å². The van der Waals surface area contributed by atoms with Crippen LogP contribution in [0.5, 0.6) is 5.75 Å². The lowest BCUT2D eigenvalue weighted by molar-refractivity contribution is -0.136. The average Bonchev–Trinajstić information content (AvgIpc) is 3.34. The van der Waals surface area contributed by atoms with Gasteiger partial charge in [-0.05, 0) is 41.0 Å². The van der Waals surface area contributed by atoms with E-state index >= 15 is 0 Å². The molecule has 1 aromatic heterocycles. The number of halogens is 1. The van der Waals surface area contributed by atoms with Crippen LogP contribution in [-0.4, -0.2) is 17.6 Å². The van der Waals surface area contributed by atoms with Crippen molar-refractivity contribution in [3.05, 3.63) is 144 Å². The van der Waals surface area contributed by atoms with Crippen molar-refractivity contribution in [2.45, 2.75) is 26.0 Å². The highest BCUT2D eigenvalue weighted by Gasteiger charge is 2.33. The number of allylic oxidation sites excluding steroid dienone is 1. The number of benzene rings is 4. The van der Waals surface area contributed by atoms with Crippen molar-refractivity contribution in [3.8, 4) is 5.75 Å². The molecule has 0 spiro atoms. The Balaban J connectivity index is 1.55. The first-order valence-corrected chi connectivity index (χ1v) is 14.8. The van der Waals surface area contributed by atoms with E-state index in [2.05, 4.69) is 0 Å². The molecule has 1 aliphatic rings. The highest BCUT2D eigenvalue weighted by molar-refractivity contribution is 7.07. The number of ether oxygens (including phenoxy) is 2. The summed E-state index contributed by atoms with van der Waals surface area (Å²) in [7, 11) is 1.35. The van der Waals surface area contributed by atoms with Crippen LogP contribution >= 0.6 is 22.9 Å². The standard InChI is InChI=1S/C34H27ClN2O4S/c1-3-27-30(33(39)40-2)31(22-12-5-4-6-13-22)37-32(38)29(42-34(37)36-27)19-25-24-15-9-7-11-21(24)17-18-28(25)41-20-23-14-8-10-16-26(23)35/h4-19,31H,3,20H2,1-2H3/b29-19+/t31-/m0/s1. The van der Waals surface area contributed by atoms with E-state index in [4.69, 9.17) is 26.1 Å². The van der Waals surface area contributed by atoms with Gasteiger partial charge in [-0.25, -0.2) is 9.79 Å². The number of hydrogen-bond donors (Lipinski definition) is 0.